The molecule has 0 N–H and O–H groups in total. The van der Waals surface area contributed by atoms with Crippen LogP contribution < -0.4 is 0 Å². The number of hydrogen-bond donors (Lipinski definition) is 0. The summed E-state index contributed by atoms with van der Waals surface area (Å²) in [5.74, 6) is 0.475. The molecular formula is C16H30N2O. The molecule has 0 aliphatic carbocycles. The molecule has 110 valence electrons. The minimum atomic E-state index is 0.141. The Morgan fingerprint density at radius 3 is 2.00 bits per heavy atom. The lowest BCUT2D eigenvalue weighted by Gasteiger charge is -2.44. The van der Waals surface area contributed by atoms with Crippen molar-refractivity contribution in [3.8, 4) is 0 Å². The van der Waals surface area contributed by atoms with Crippen LogP contribution >= 0.6 is 0 Å². The summed E-state index contributed by atoms with van der Waals surface area (Å²) in [4.78, 5) is 16.8. The molecule has 0 radical (unpaired) electrons. The predicted octanol–water partition coefficient (Wildman–Crippen LogP) is 2.75. The first-order valence-corrected chi connectivity index (χ1v) is 7.92. The maximum absolute atomic E-state index is 12.1. The number of amides is 1. The summed E-state index contributed by atoms with van der Waals surface area (Å²) in [6, 6.07) is 1.31. The third-order valence-electron chi connectivity index (χ3n) is 5.48. The molecule has 0 aromatic heterocycles. The van der Waals surface area contributed by atoms with E-state index >= 15 is 0 Å². The van der Waals surface area contributed by atoms with E-state index in [-0.39, 0.29) is 5.92 Å². The van der Waals surface area contributed by atoms with E-state index in [4.69, 9.17) is 0 Å². The predicted molar refractivity (Wildman–Crippen MR) is 79.0 cm³/mol. The van der Waals surface area contributed by atoms with Crippen molar-refractivity contribution < 1.29 is 4.79 Å². The molecule has 0 bridgehead atoms. The Morgan fingerprint density at radius 1 is 1.05 bits per heavy atom. The van der Waals surface area contributed by atoms with Crippen molar-refractivity contribution in [2.75, 3.05) is 19.6 Å². The molecule has 2 aliphatic heterocycles. The van der Waals surface area contributed by atoms with Gasteiger partial charge in [-0.1, -0.05) is 13.8 Å². The average Bonchev–Trinajstić information content (AvgIpc) is 2.67. The third-order valence-corrected chi connectivity index (χ3v) is 5.48. The summed E-state index contributed by atoms with van der Waals surface area (Å²) >= 11 is 0. The van der Waals surface area contributed by atoms with Crippen LogP contribution in [0.5, 0.6) is 0 Å². The lowest BCUT2D eigenvalue weighted by atomic mass is 9.73. The number of piperidine rings is 1. The van der Waals surface area contributed by atoms with Crippen molar-refractivity contribution in [2.45, 2.75) is 66.0 Å². The highest BCUT2D eigenvalue weighted by atomic mass is 16.2. The molecule has 0 aromatic rings. The number of likely N-dealkylation sites (tertiary alicyclic amines) is 2. The zero-order valence-corrected chi connectivity index (χ0v) is 13.3. The maximum Gasteiger partial charge on any atom is 0.225 e. The number of nitrogens with zero attached hydrogens (tertiary/aromatic N) is 2. The van der Waals surface area contributed by atoms with E-state index in [0.29, 0.717) is 23.4 Å². The highest BCUT2D eigenvalue weighted by molar-refractivity contribution is 5.78. The van der Waals surface area contributed by atoms with Gasteiger partial charge < -0.3 is 4.90 Å². The van der Waals surface area contributed by atoms with Crippen molar-refractivity contribution in [3.63, 3.8) is 0 Å². The van der Waals surface area contributed by atoms with Crippen molar-refractivity contribution in [1.82, 2.24) is 9.80 Å². The molecule has 0 aromatic carbocycles. The van der Waals surface area contributed by atoms with Gasteiger partial charge in [0.2, 0.25) is 5.91 Å². The standard InChI is InChI=1S/C16H30N2O/c1-12(2)15(19)17-9-6-16(7-10-17)8-11-18(13(3)4)14(16)5/h12-14H,6-11H2,1-5H3. The van der Waals surface area contributed by atoms with Crippen molar-refractivity contribution in [3.05, 3.63) is 0 Å². The monoisotopic (exact) mass is 266 g/mol. The highest BCUT2D eigenvalue weighted by Crippen LogP contribution is 2.46. The second-order valence-corrected chi connectivity index (χ2v) is 7.10. The Kier molecular flexibility index (Phi) is 4.24. The van der Waals surface area contributed by atoms with Gasteiger partial charge in [-0.05, 0) is 52.0 Å². The first kappa shape index (κ1) is 14.8. The fraction of sp³-hybridized carbons (Fsp3) is 0.938. The lowest BCUT2D eigenvalue weighted by Crippen LogP contribution is -2.49. The van der Waals surface area contributed by atoms with Gasteiger partial charge in [-0.3, -0.25) is 9.69 Å². The van der Waals surface area contributed by atoms with E-state index in [1.165, 1.54) is 25.8 Å². The van der Waals surface area contributed by atoms with Crippen LogP contribution in [-0.2, 0) is 4.79 Å². The Bertz CT molecular complexity index is 330. The van der Waals surface area contributed by atoms with Crippen LogP contribution in [-0.4, -0.2) is 47.4 Å². The largest absolute Gasteiger partial charge is 0.342 e. The smallest absolute Gasteiger partial charge is 0.225 e. The zero-order valence-electron chi connectivity index (χ0n) is 13.3. The van der Waals surface area contributed by atoms with Crippen LogP contribution in [0.2, 0.25) is 0 Å². The summed E-state index contributed by atoms with van der Waals surface area (Å²) < 4.78 is 0. The van der Waals surface area contributed by atoms with Gasteiger partial charge in [0.15, 0.2) is 0 Å². The third kappa shape index (κ3) is 2.67. The number of carbonyl (C=O) groups excluding carboxylic acids is 1. The van der Waals surface area contributed by atoms with Gasteiger partial charge in [0.05, 0.1) is 0 Å². The van der Waals surface area contributed by atoms with Gasteiger partial charge in [0, 0.05) is 31.1 Å². The van der Waals surface area contributed by atoms with E-state index in [9.17, 15) is 4.79 Å². The molecule has 2 aliphatic rings. The van der Waals surface area contributed by atoms with Crippen molar-refractivity contribution >= 4 is 5.91 Å². The molecule has 2 fully saturated rings. The molecule has 19 heavy (non-hydrogen) atoms. The van der Waals surface area contributed by atoms with E-state index in [2.05, 4.69) is 30.6 Å². The quantitative estimate of drug-likeness (QED) is 0.767. The van der Waals surface area contributed by atoms with E-state index < -0.39 is 0 Å². The van der Waals surface area contributed by atoms with Crippen LogP contribution in [0, 0.1) is 11.3 Å². The first-order chi connectivity index (χ1) is 8.87. The average molecular weight is 266 g/mol. The fourth-order valence-corrected chi connectivity index (χ4v) is 4.02. The number of carbonyl (C=O) groups is 1. The molecule has 3 heteroatoms. The van der Waals surface area contributed by atoms with Gasteiger partial charge in [-0.15, -0.1) is 0 Å². The number of hydrogen-bond acceptors (Lipinski definition) is 2. The Hall–Kier alpha value is -0.570. The molecule has 1 spiro atoms. The molecule has 2 heterocycles. The molecule has 2 rings (SSSR count). The molecule has 1 atom stereocenters. The van der Waals surface area contributed by atoms with Crippen LogP contribution in [0.1, 0.15) is 53.9 Å². The van der Waals surface area contributed by atoms with Crippen LogP contribution in [0.15, 0.2) is 0 Å². The normalized spacial score (nSPS) is 27.7. The van der Waals surface area contributed by atoms with Crippen LogP contribution in [0.4, 0.5) is 0 Å². The van der Waals surface area contributed by atoms with Crippen LogP contribution in [0.25, 0.3) is 0 Å². The first-order valence-electron chi connectivity index (χ1n) is 7.92. The molecule has 3 nitrogen and oxygen atoms in total. The van der Waals surface area contributed by atoms with E-state index in [1.54, 1.807) is 0 Å². The topological polar surface area (TPSA) is 23.6 Å². The molecule has 2 saturated heterocycles. The second kappa shape index (κ2) is 5.43. The summed E-state index contributed by atoms with van der Waals surface area (Å²) in [6.45, 7) is 14.2. The van der Waals surface area contributed by atoms with Gasteiger partial charge in [0.1, 0.15) is 0 Å². The van der Waals surface area contributed by atoms with E-state index in [0.717, 1.165) is 13.1 Å². The summed E-state index contributed by atoms with van der Waals surface area (Å²) in [5, 5.41) is 0. The summed E-state index contributed by atoms with van der Waals surface area (Å²) in [7, 11) is 0. The van der Waals surface area contributed by atoms with Gasteiger partial charge in [-0.25, -0.2) is 0 Å². The van der Waals surface area contributed by atoms with Crippen molar-refractivity contribution in [2.24, 2.45) is 11.3 Å². The molecule has 1 unspecified atom stereocenters. The lowest BCUT2D eigenvalue weighted by molar-refractivity contribution is -0.137. The Morgan fingerprint density at radius 2 is 1.58 bits per heavy atom. The summed E-state index contributed by atoms with van der Waals surface area (Å²) in [5.41, 5.74) is 0.470. The minimum absolute atomic E-state index is 0.141. The maximum atomic E-state index is 12.1. The van der Waals surface area contributed by atoms with Crippen LogP contribution in [0.3, 0.4) is 0 Å². The second-order valence-electron chi connectivity index (χ2n) is 7.10. The Labute approximate surface area is 118 Å². The molecular weight excluding hydrogens is 236 g/mol. The Balaban J connectivity index is 1.98. The van der Waals surface area contributed by atoms with Crippen molar-refractivity contribution in [1.29, 1.82) is 0 Å². The van der Waals surface area contributed by atoms with Gasteiger partial charge >= 0.3 is 0 Å². The SMILES string of the molecule is CC(C)C(=O)N1CCC2(CC1)CCN(C(C)C)C2C. The molecule has 0 saturated carbocycles. The fourth-order valence-electron chi connectivity index (χ4n) is 4.02. The van der Waals surface area contributed by atoms with Gasteiger partial charge in [-0.2, -0.15) is 0 Å². The van der Waals surface area contributed by atoms with Gasteiger partial charge in [0.25, 0.3) is 0 Å². The number of rotatable bonds is 2. The van der Waals surface area contributed by atoms with E-state index in [1.807, 2.05) is 13.8 Å². The molecule has 1 amide bonds. The highest BCUT2D eigenvalue weighted by Gasteiger charge is 2.47. The minimum Gasteiger partial charge on any atom is -0.342 e. The summed E-state index contributed by atoms with van der Waals surface area (Å²) in [6.07, 6.45) is 3.70. The zero-order chi connectivity index (χ0) is 14.2.